The second-order valence-electron chi connectivity index (χ2n) is 6.68. The van der Waals surface area contributed by atoms with Crippen LogP contribution in [0.4, 0.5) is 4.79 Å². The minimum absolute atomic E-state index is 0.000532. The number of nitrogens with two attached hydrogens (primary N) is 1. The zero-order valence-electron chi connectivity index (χ0n) is 11.8. The van der Waals surface area contributed by atoms with Crippen LogP contribution in [0.25, 0.3) is 0 Å². The third kappa shape index (κ3) is 4.55. The molecule has 0 aromatic heterocycles. The van der Waals surface area contributed by atoms with Gasteiger partial charge in [-0.25, -0.2) is 4.79 Å². The highest BCUT2D eigenvalue weighted by molar-refractivity contribution is 5.73. The Kier molecular flexibility index (Phi) is 4.24. The molecule has 5 heteroatoms. The van der Waals surface area contributed by atoms with Crippen molar-refractivity contribution in [3.63, 3.8) is 0 Å². The maximum atomic E-state index is 11.0. The zero-order chi connectivity index (χ0) is 14.0. The monoisotopic (exact) mass is 255 g/mol. The van der Waals surface area contributed by atoms with E-state index in [4.69, 9.17) is 5.73 Å². The molecule has 0 aliphatic heterocycles. The summed E-state index contributed by atoms with van der Waals surface area (Å²) in [6, 6.07) is -0.385. The Hall–Kier alpha value is -1.26. The molecular weight excluding hydrogens is 230 g/mol. The van der Waals surface area contributed by atoms with Gasteiger partial charge in [0.2, 0.25) is 5.91 Å². The van der Waals surface area contributed by atoms with Gasteiger partial charge < -0.3 is 16.4 Å². The van der Waals surface area contributed by atoms with Gasteiger partial charge in [0, 0.05) is 19.5 Å². The van der Waals surface area contributed by atoms with E-state index in [0.29, 0.717) is 6.54 Å². The molecule has 0 aromatic carbocycles. The van der Waals surface area contributed by atoms with Crippen molar-refractivity contribution in [3.8, 4) is 0 Å². The quantitative estimate of drug-likeness (QED) is 0.711. The lowest BCUT2D eigenvalue weighted by atomic mass is 9.62. The molecule has 5 nitrogen and oxygen atoms in total. The van der Waals surface area contributed by atoms with E-state index in [1.807, 2.05) is 0 Å². The van der Waals surface area contributed by atoms with E-state index in [1.54, 1.807) is 0 Å². The van der Waals surface area contributed by atoms with Crippen molar-refractivity contribution in [3.05, 3.63) is 0 Å². The Bertz CT molecular complexity index is 341. The number of urea groups is 1. The van der Waals surface area contributed by atoms with Crippen LogP contribution < -0.4 is 16.4 Å². The summed E-state index contributed by atoms with van der Waals surface area (Å²) in [5.74, 6) is -0.0148. The number of carbonyl (C=O) groups is 2. The van der Waals surface area contributed by atoms with Crippen LogP contribution in [0, 0.1) is 10.8 Å². The van der Waals surface area contributed by atoms with Crippen LogP contribution in [-0.4, -0.2) is 24.5 Å². The first-order chi connectivity index (χ1) is 8.12. The number of hydrogen-bond donors (Lipinski definition) is 3. The van der Waals surface area contributed by atoms with E-state index in [2.05, 4.69) is 31.4 Å². The molecule has 1 fully saturated rings. The third-order valence-electron chi connectivity index (χ3n) is 3.55. The van der Waals surface area contributed by atoms with Gasteiger partial charge in [0.05, 0.1) is 0 Å². The summed E-state index contributed by atoms with van der Waals surface area (Å²) in [5, 5.41) is 5.69. The molecule has 4 N–H and O–H groups in total. The molecule has 1 saturated carbocycles. The molecule has 0 radical (unpaired) electrons. The first kappa shape index (κ1) is 14.8. The minimum Gasteiger partial charge on any atom is -0.356 e. The first-order valence-corrected chi connectivity index (χ1v) is 6.42. The SMILES string of the molecule is CC(=O)NCC1(C)CC(NC(N)=O)CC(C)(C)C1. The van der Waals surface area contributed by atoms with Crippen LogP contribution >= 0.6 is 0 Å². The molecule has 0 heterocycles. The Morgan fingerprint density at radius 2 is 1.89 bits per heavy atom. The van der Waals surface area contributed by atoms with Crippen molar-refractivity contribution < 1.29 is 9.59 Å². The smallest absolute Gasteiger partial charge is 0.312 e. The van der Waals surface area contributed by atoms with Crippen molar-refractivity contribution in [2.45, 2.75) is 53.0 Å². The second kappa shape index (κ2) is 5.16. The van der Waals surface area contributed by atoms with Crippen LogP contribution in [-0.2, 0) is 4.79 Å². The molecular formula is C13H25N3O2. The fraction of sp³-hybridized carbons (Fsp3) is 0.846. The van der Waals surface area contributed by atoms with Crippen molar-refractivity contribution in [1.82, 2.24) is 10.6 Å². The van der Waals surface area contributed by atoms with Crippen molar-refractivity contribution in [1.29, 1.82) is 0 Å². The highest BCUT2D eigenvalue weighted by Gasteiger charge is 2.41. The predicted molar refractivity (Wildman–Crippen MR) is 70.9 cm³/mol. The van der Waals surface area contributed by atoms with Crippen molar-refractivity contribution in [2.75, 3.05) is 6.54 Å². The molecule has 1 rings (SSSR count). The Morgan fingerprint density at radius 3 is 2.39 bits per heavy atom. The van der Waals surface area contributed by atoms with E-state index in [-0.39, 0.29) is 22.8 Å². The van der Waals surface area contributed by atoms with Crippen molar-refractivity contribution in [2.24, 2.45) is 16.6 Å². The molecule has 2 unspecified atom stereocenters. The van der Waals surface area contributed by atoms with E-state index >= 15 is 0 Å². The van der Waals surface area contributed by atoms with E-state index in [0.717, 1.165) is 19.3 Å². The topological polar surface area (TPSA) is 84.2 Å². The first-order valence-electron chi connectivity index (χ1n) is 6.42. The summed E-state index contributed by atoms with van der Waals surface area (Å²) in [6.45, 7) is 8.69. The lowest BCUT2D eigenvalue weighted by Gasteiger charge is -2.46. The fourth-order valence-corrected chi connectivity index (χ4v) is 3.41. The van der Waals surface area contributed by atoms with Crippen LogP contribution in [0.2, 0.25) is 0 Å². The Labute approximate surface area is 109 Å². The highest BCUT2D eigenvalue weighted by atomic mass is 16.2. The third-order valence-corrected chi connectivity index (χ3v) is 3.55. The normalized spacial score (nSPS) is 30.6. The molecule has 0 aromatic rings. The molecule has 18 heavy (non-hydrogen) atoms. The van der Waals surface area contributed by atoms with Gasteiger partial charge in [-0.15, -0.1) is 0 Å². The summed E-state index contributed by atoms with van der Waals surface area (Å²) >= 11 is 0. The van der Waals surface area contributed by atoms with Crippen molar-refractivity contribution >= 4 is 11.9 Å². The molecule has 2 atom stereocenters. The largest absolute Gasteiger partial charge is 0.356 e. The Balaban J connectivity index is 2.72. The number of hydrogen-bond acceptors (Lipinski definition) is 2. The van der Waals surface area contributed by atoms with Crippen LogP contribution in [0.1, 0.15) is 47.0 Å². The maximum Gasteiger partial charge on any atom is 0.312 e. The average molecular weight is 255 g/mol. The van der Waals surface area contributed by atoms with Gasteiger partial charge in [-0.3, -0.25) is 4.79 Å². The standard InChI is InChI=1S/C13H25N3O2/c1-9(17)15-8-13(4)6-10(16-11(14)18)5-12(2,3)7-13/h10H,5-8H2,1-4H3,(H,15,17)(H3,14,16,18). The summed E-state index contributed by atoms with van der Waals surface area (Å²) in [4.78, 5) is 22.0. The summed E-state index contributed by atoms with van der Waals surface area (Å²) in [5.41, 5.74) is 5.34. The van der Waals surface area contributed by atoms with Crippen LogP contribution in [0.3, 0.4) is 0 Å². The fourth-order valence-electron chi connectivity index (χ4n) is 3.41. The molecule has 0 spiro atoms. The van der Waals surface area contributed by atoms with Crippen LogP contribution in [0.5, 0.6) is 0 Å². The zero-order valence-corrected chi connectivity index (χ0v) is 11.8. The number of primary amides is 1. The van der Waals surface area contributed by atoms with E-state index in [9.17, 15) is 9.59 Å². The van der Waals surface area contributed by atoms with Crippen LogP contribution in [0.15, 0.2) is 0 Å². The molecule has 1 aliphatic carbocycles. The van der Waals surface area contributed by atoms with Gasteiger partial charge in [0.1, 0.15) is 0 Å². The molecule has 3 amide bonds. The van der Waals surface area contributed by atoms with E-state index in [1.165, 1.54) is 6.92 Å². The summed E-state index contributed by atoms with van der Waals surface area (Å²) < 4.78 is 0. The second-order valence-corrected chi connectivity index (χ2v) is 6.68. The lowest BCUT2D eigenvalue weighted by molar-refractivity contribution is -0.119. The number of rotatable bonds is 3. The number of amides is 3. The van der Waals surface area contributed by atoms with E-state index < -0.39 is 6.03 Å². The maximum absolute atomic E-state index is 11.0. The summed E-state index contributed by atoms with van der Waals surface area (Å²) in [6.07, 6.45) is 2.79. The number of nitrogens with one attached hydrogen (secondary N) is 2. The van der Waals surface area contributed by atoms with Gasteiger partial charge in [-0.05, 0) is 30.1 Å². The summed E-state index contributed by atoms with van der Waals surface area (Å²) in [7, 11) is 0. The van der Waals surface area contributed by atoms with Gasteiger partial charge in [-0.2, -0.15) is 0 Å². The molecule has 0 bridgehead atoms. The Morgan fingerprint density at radius 1 is 1.28 bits per heavy atom. The van der Waals surface area contributed by atoms with Gasteiger partial charge in [0.15, 0.2) is 0 Å². The van der Waals surface area contributed by atoms with Gasteiger partial charge in [-0.1, -0.05) is 20.8 Å². The highest BCUT2D eigenvalue weighted by Crippen LogP contribution is 2.45. The number of carbonyl (C=O) groups excluding carboxylic acids is 2. The molecule has 0 saturated heterocycles. The average Bonchev–Trinajstić information content (AvgIpc) is 2.10. The molecule has 1 aliphatic rings. The minimum atomic E-state index is -0.473. The van der Waals surface area contributed by atoms with Gasteiger partial charge >= 0.3 is 6.03 Å². The lowest BCUT2D eigenvalue weighted by Crippen LogP contribution is -2.51. The molecule has 104 valence electrons. The predicted octanol–water partition coefficient (Wildman–Crippen LogP) is 1.38. The van der Waals surface area contributed by atoms with Gasteiger partial charge in [0.25, 0.3) is 0 Å².